The van der Waals surface area contributed by atoms with Crippen LogP contribution in [-0.4, -0.2) is 32.3 Å². The van der Waals surface area contributed by atoms with E-state index >= 15 is 0 Å². The molecule has 0 aliphatic carbocycles. The van der Waals surface area contributed by atoms with Gasteiger partial charge in [0.2, 0.25) is 0 Å². The SMILES string of the molecule is Cc1ccccc1-c1cc(N(C)c2ccc(S(=O)(=O)CC(=O)O)cc2)c(F)cc1C. The van der Waals surface area contributed by atoms with Gasteiger partial charge in [-0.25, -0.2) is 12.8 Å². The summed E-state index contributed by atoms with van der Waals surface area (Å²) in [6.07, 6.45) is 0. The number of hydrogen-bond acceptors (Lipinski definition) is 4. The van der Waals surface area contributed by atoms with Gasteiger partial charge in [-0.1, -0.05) is 24.3 Å². The number of carbonyl (C=O) groups is 1. The van der Waals surface area contributed by atoms with E-state index in [9.17, 15) is 17.6 Å². The number of sulfone groups is 1. The smallest absolute Gasteiger partial charge is 0.319 e. The summed E-state index contributed by atoms with van der Waals surface area (Å²) in [5.41, 5.74) is 4.74. The highest BCUT2D eigenvalue weighted by atomic mass is 32.2. The number of aliphatic carboxylic acids is 1. The summed E-state index contributed by atoms with van der Waals surface area (Å²) in [4.78, 5) is 12.3. The van der Waals surface area contributed by atoms with Crippen molar-refractivity contribution in [1.82, 2.24) is 0 Å². The molecule has 0 unspecified atom stereocenters. The van der Waals surface area contributed by atoms with Crippen LogP contribution in [0.1, 0.15) is 11.1 Å². The fourth-order valence-electron chi connectivity index (χ4n) is 3.35. The van der Waals surface area contributed by atoms with Crippen molar-refractivity contribution >= 4 is 27.2 Å². The second-order valence-electron chi connectivity index (χ2n) is 7.14. The maximum atomic E-state index is 14.8. The molecule has 0 amide bonds. The summed E-state index contributed by atoms with van der Waals surface area (Å²) >= 11 is 0. The van der Waals surface area contributed by atoms with Gasteiger partial charge in [-0.05, 0) is 72.5 Å². The molecule has 0 aliphatic heterocycles. The van der Waals surface area contributed by atoms with Crippen LogP contribution >= 0.6 is 0 Å². The van der Waals surface area contributed by atoms with Crippen LogP contribution in [0, 0.1) is 19.7 Å². The Morgan fingerprint density at radius 2 is 1.60 bits per heavy atom. The van der Waals surface area contributed by atoms with Crippen molar-refractivity contribution in [2.75, 3.05) is 17.7 Å². The molecule has 156 valence electrons. The second-order valence-corrected chi connectivity index (χ2v) is 9.13. The molecule has 5 nitrogen and oxygen atoms in total. The summed E-state index contributed by atoms with van der Waals surface area (Å²) in [5.74, 6) is -2.79. The molecule has 1 N–H and O–H groups in total. The summed E-state index contributed by atoms with van der Waals surface area (Å²) < 4.78 is 38.9. The van der Waals surface area contributed by atoms with Gasteiger partial charge in [-0.3, -0.25) is 4.79 Å². The number of rotatable bonds is 6. The highest BCUT2D eigenvalue weighted by Gasteiger charge is 2.20. The molecular weight excluding hydrogens is 405 g/mol. The van der Waals surface area contributed by atoms with Crippen LogP contribution in [0.3, 0.4) is 0 Å². The number of carboxylic acid groups (broad SMARTS) is 1. The van der Waals surface area contributed by atoms with Gasteiger partial charge in [0.1, 0.15) is 5.82 Å². The fourth-order valence-corrected chi connectivity index (χ4v) is 4.39. The molecule has 0 aromatic heterocycles. The minimum Gasteiger partial charge on any atom is -0.480 e. The minimum absolute atomic E-state index is 0.0907. The highest BCUT2D eigenvalue weighted by Crippen LogP contribution is 2.35. The van der Waals surface area contributed by atoms with Crippen LogP contribution in [0.2, 0.25) is 0 Å². The third kappa shape index (κ3) is 4.36. The largest absolute Gasteiger partial charge is 0.480 e. The topological polar surface area (TPSA) is 74.7 Å². The average molecular weight is 427 g/mol. The zero-order valence-electron chi connectivity index (χ0n) is 16.9. The molecule has 3 rings (SSSR count). The van der Waals surface area contributed by atoms with Crippen molar-refractivity contribution < 1.29 is 22.7 Å². The number of halogens is 1. The zero-order chi connectivity index (χ0) is 22.1. The van der Waals surface area contributed by atoms with Gasteiger partial charge in [0.15, 0.2) is 15.6 Å². The van der Waals surface area contributed by atoms with Gasteiger partial charge in [0.05, 0.1) is 10.6 Å². The van der Waals surface area contributed by atoms with Crippen molar-refractivity contribution in [3.05, 3.63) is 77.6 Å². The lowest BCUT2D eigenvalue weighted by molar-refractivity contribution is -0.134. The van der Waals surface area contributed by atoms with Crippen LogP contribution in [0.5, 0.6) is 0 Å². The van der Waals surface area contributed by atoms with Crippen LogP contribution in [-0.2, 0) is 14.6 Å². The molecule has 7 heteroatoms. The van der Waals surface area contributed by atoms with Gasteiger partial charge in [0, 0.05) is 12.7 Å². The Morgan fingerprint density at radius 1 is 0.967 bits per heavy atom. The summed E-state index contributed by atoms with van der Waals surface area (Å²) in [5, 5.41) is 8.77. The molecule has 3 aromatic rings. The molecule has 0 radical (unpaired) electrons. The third-order valence-corrected chi connectivity index (χ3v) is 6.60. The second kappa shape index (κ2) is 8.28. The minimum atomic E-state index is -3.92. The monoisotopic (exact) mass is 427 g/mol. The molecule has 0 bridgehead atoms. The van der Waals surface area contributed by atoms with Crippen molar-refractivity contribution in [3.63, 3.8) is 0 Å². The lowest BCUT2D eigenvalue weighted by Gasteiger charge is -2.22. The average Bonchev–Trinajstić information content (AvgIpc) is 2.67. The molecule has 0 saturated heterocycles. The first-order valence-electron chi connectivity index (χ1n) is 9.24. The Balaban J connectivity index is 1.99. The van der Waals surface area contributed by atoms with E-state index in [1.807, 2.05) is 38.1 Å². The zero-order valence-corrected chi connectivity index (χ0v) is 17.7. The van der Waals surface area contributed by atoms with Gasteiger partial charge < -0.3 is 10.0 Å². The Hall–Kier alpha value is -3.19. The van der Waals surface area contributed by atoms with Crippen molar-refractivity contribution in [2.45, 2.75) is 18.7 Å². The maximum absolute atomic E-state index is 14.8. The Morgan fingerprint density at radius 3 is 2.20 bits per heavy atom. The van der Waals surface area contributed by atoms with E-state index in [4.69, 9.17) is 5.11 Å². The van der Waals surface area contributed by atoms with E-state index in [0.717, 1.165) is 22.3 Å². The number of carboxylic acids is 1. The number of benzene rings is 3. The lowest BCUT2D eigenvalue weighted by Crippen LogP contribution is -2.16. The number of nitrogens with zero attached hydrogens (tertiary/aromatic N) is 1. The molecule has 0 saturated carbocycles. The first-order valence-corrected chi connectivity index (χ1v) is 10.9. The molecule has 0 spiro atoms. The van der Waals surface area contributed by atoms with Gasteiger partial charge in [0.25, 0.3) is 0 Å². The quantitative estimate of drug-likeness (QED) is 0.615. The van der Waals surface area contributed by atoms with Gasteiger partial charge >= 0.3 is 5.97 Å². The third-order valence-electron chi connectivity index (χ3n) is 4.99. The lowest BCUT2D eigenvalue weighted by atomic mass is 9.95. The maximum Gasteiger partial charge on any atom is 0.319 e. The standard InChI is InChI=1S/C23H22FNO4S/c1-15-6-4-5-7-19(15)20-13-22(21(24)12-16(20)2)25(3)17-8-10-18(11-9-17)30(28,29)14-23(26)27/h4-13H,14H2,1-3H3,(H,26,27). The van der Waals surface area contributed by atoms with Crippen molar-refractivity contribution in [3.8, 4) is 11.1 Å². The molecule has 30 heavy (non-hydrogen) atoms. The van der Waals surface area contributed by atoms with E-state index in [-0.39, 0.29) is 4.90 Å². The van der Waals surface area contributed by atoms with E-state index in [2.05, 4.69) is 0 Å². The van der Waals surface area contributed by atoms with E-state index in [1.54, 1.807) is 18.0 Å². The number of hydrogen-bond donors (Lipinski definition) is 1. The molecule has 0 atom stereocenters. The first-order chi connectivity index (χ1) is 14.1. The van der Waals surface area contributed by atoms with Crippen molar-refractivity contribution in [2.24, 2.45) is 0 Å². The Bertz CT molecular complexity index is 1200. The van der Waals surface area contributed by atoms with E-state index in [0.29, 0.717) is 11.4 Å². The molecule has 0 heterocycles. The first kappa shape index (κ1) is 21.5. The Labute approximate surface area is 175 Å². The number of aryl methyl sites for hydroxylation is 2. The molecule has 0 fully saturated rings. The van der Waals surface area contributed by atoms with Crippen LogP contribution in [0.4, 0.5) is 15.8 Å². The molecular formula is C23H22FNO4S. The van der Waals surface area contributed by atoms with Crippen molar-refractivity contribution in [1.29, 1.82) is 0 Å². The molecule has 3 aromatic carbocycles. The summed E-state index contributed by atoms with van der Waals surface area (Å²) in [6.45, 7) is 3.86. The highest BCUT2D eigenvalue weighted by molar-refractivity contribution is 7.92. The normalized spacial score (nSPS) is 11.3. The van der Waals surface area contributed by atoms with Gasteiger partial charge in [-0.2, -0.15) is 0 Å². The van der Waals surface area contributed by atoms with E-state index < -0.39 is 27.4 Å². The van der Waals surface area contributed by atoms with Crippen LogP contribution in [0.15, 0.2) is 65.6 Å². The Kier molecular flexibility index (Phi) is 5.94. The van der Waals surface area contributed by atoms with Gasteiger partial charge in [-0.15, -0.1) is 0 Å². The summed E-state index contributed by atoms with van der Waals surface area (Å²) in [6, 6.07) is 16.9. The van der Waals surface area contributed by atoms with Crippen LogP contribution in [0.25, 0.3) is 11.1 Å². The van der Waals surface area contributed by atoms with E-state index in [1.165, 1.54) is 30.3 Å². The molecule has 0 aliphatic rings. The van der Waals surface area contributed by atoms with Crippen LogP contribution < -0.4 is 4.90 Å². The fraction of sp³-hybridized carbons (Fsp3) is 0.174. The number of anilines is 2. The summed E-state index contributed by atoms with van der Waals surface area (Å²) in [7, 11) is -2.23. The predicted octanol–water partition coefficient (Wildman–Crippen LogP) is 4.74. The predicted molar refractivity (Wildman–Crippen MR) is 116 cm³/mol.